The number of nitro groups is 1. The molecule has 1 aromatic heterocycles. The molecule has 0 spiro atoms. The zero-order valence-electron chi connectivity index (χ0n) is 18.1. The average Bonchev–Trinajstić information content (AvgIpc) is 3.23. The van der Waals surface area contributed by atoms with E-state index in [1.807, 2.05) is 19.1 Å². The maximum absolute atomic E-state index is 13.2. The molecule has 8 nitrogen and oxygen atoms in total. The standard InChI is InChI=1S/C23H23ClN4O4S/c1-16-14-18(24)15-20-22(16)25-23(33-20)27(9-8-26-10-12-32-13-11-26)21(29)7-4-17-2-5-19(6-3-17)28(30)31/h2-7,14-15H,8-13H2,1H3/b7-4+. The number of ether oxygens (including phenoxy) is 1. The number of hydrogen-bond acceptors (Lipinski definition) is 7. The maximum Gasteiger partial charge on any atom is 0.269 e. The first-order chi connectivity index (χ1) is 15.9. The molecule has 0 radical (unpaired) electrons. The minimum atomic E-state index is -0.451. The van der Waals surface area contributed by atoms with Crippen LogP contribution < -0.4 is 4.90 Å². The molecule has 2 aromatic carbocycles. The van der Waals surface area contributed by atoms with Crippen LogP contribution in [0.2, 0.25) is 5.02 Å². The normalized spacial score (nSPS) is 14.7. The number of benzene rings is 2. The number of non-ortho nitro benzene ring substituents is 1. The number of rotatable bonds is 7. The predicted octanol–water partition coefficient (Wildman–Crippen LogP) is 4.54. The SMILES string of the molecule is Cc1cc(Cl)cc2sc(N(CCN3CCOCC3)C(=O)/C=C/c3ccc([N+](=O)[O-])cc3)nc12. The second-order valence-electron chi connectivity index (χ2n) is 7.69. The van der Waals surface area contributed by atoms with E-state index in [2.05, 4.69) is 4.90 Å². The number of carbonyl (C=O) groups is 1. The summed E-state index contributed by atoms with van der Waals surface area (Å²) in [6.07, 6.45) is 3.13. The van der Waals surface area contributed by atoms with Gasteiger partial charge in [-0.15, -0.1) is 0 Å². The summed E-state index contributed by atoms with van der Waals surface area (Å²) in [6.45, 7) is 6.17. The van der Waals surface area contributed by atoms with E-state index in [-0.39, 0.29) is 11.6 Å². The number of morpholine rings is 1. The van der Waals surface area contributed by atoms with Crippen molar-refractivity contribution in [2.24, 2.45) is 0 Å². The van der Waals surface area contributed by atoms with Gasteiger partial charge in [0.1, 0.15) is 0 Å². The lowest BCUT2D eigenvalue weighted by molar-refractivity contribution is -0.384. The fourth-order valence-electron chi connectivity index (χ4n) is 3.59. The van der Waals surface area contributed by atoms with E-state index in [0.717, 1.165) is 28.9 Å². The van der Waals surface area contributed by atoms with Crippen LogP contribution in [0.3, 0.4) is 0 Å². The molecule has 0 atom stereocenters. The van der Waals surface area contributed by atoms with Crippen molar-refractivity contribution in [3.8, 4) is 0 Å². The molecule has 2 heterocycles. The number of fused-ring (bicyclic) bond motifs is 1. The fraction of sp³-hybridized carbons (Fsp3) is 0.304. The first kappa shape index (κ1) is 23.3. The highest BCUT2D eigenvalue weighted by molar-refractivity contribution is 7.22. The summed E-state index contributed by atoms with van der Waals surface area (Å²) in [7, 11) is 0. The van der Waals surface area contributed by atoms with Gasteiger partial charge in [0, 0.05) is 49.4 Å². The van der Waals surface area contributed by atoms with Crippen molar-refractivity contribution in [1.29, 1.82) is 0 Å². The van der Waals surface area contributed by atoms with E-state index in [9.17, 15) is 14.9 Å². The molecule has 0 aliphatic carbocycles. The molecule has 4 rings (SSSR count). The largest absolute Gasteiger partial charge is 0.379 e. The van der Waals surface area contributed by atoms with Gasteiger partial charge in [-0.05, 0) is 48.4 Å². The molecule has 1 saturated heterocycles. The first-order valence-corrected chi connectivity index (χ1v) is 11.7. The Morgan fingerprint density at radius 1 is 1.30 bits per heavy atom. The van der Waals surface area contributed by atoms with E-state index in [1.54, 1.807) is 23.1 Å². The summed E-state index contributed by atoms with van der Waals surface area (Å²) in [6, 6.07) is 9.79. The monoisotopic (exact) mass is 486 g/mol. The number of hydrogen-bond donors (Lipinski definition) is 0. The molecule has 1 amide bonds. The Hall–Kier alpha value is -2.85. The number of nitro benzene ring substituents is 1. The van der Waals surface area contributed by atoms with Crippen LogP contribution in [0.15, 0.2) is 42.5 Å². The van der Waals surface area contributed by atoms with Gasteiger partial charge in [-0.25, -0.2) is 4.98 Å². The second kappa shape index (κ2) is 10.4. The Labute approximate surface area is 200 Å². The minimum Gasteiger partial charge on any atom is -0.379 e. The van der Waals surface area contributed by atoms with Gasteiger partial charge in [0.15, 0.2) is 5.13 Å². The number of halogens is 1. The Kier molecular flexibility index (Phi) is 7.34. The van der Waals surface area contributed by atoms with Crippen LogP contribution in [-0.2, 0) is 9.53 Å². The Morgan fingerprint density at radius 2 is 2.03 bits per heavy atom. The highest BCUT2D eigenvalue weighted by atomic mass is 35.5. The number of carbonyl (C=O) groups excluding carboxylic acids is 1. The quantitative estimate of drug-likeness (QED) is 0.276. The summed E-state index contributed by atoms with van der Waals surface area (Å²) in [5.41, 5.74) is 2.51. The molecule has 1 fully saturated rings. The van der Waals surface area contributed by atoms with Crippen molar-refractivity contribution >= 4 is 56.0 Å². The zero-order valence-corrected chi connectivity index (χ0v) is 19.6. The van der Waals surface area contributed by atoms with Gasteiger partial charge < -0.3 is 4.74 Å². The molecule has 33 heavy (non-hydrogen) atoms. The highest BCUT2D eigenvalue weighted by Gasteiger charge is 2.21. The van der Waals surface area contributed by atoms with Gasteiger partial charge in [0.2, 0.25) is 0 Å². The highest BCUT2D eigenvalue weighted by Crippen LogP contribution is 2.33. The number of thiazole rings is 1. The fourth-order valence-corrected chi connectivity index (χ4v) is 5.04. The van der Waals surface area contributed by atoms with Crippen molar-refractivity contribution in [3.05, 3.63) is 68.7 Å². The van der Waals surface area contributed by atoms with Crippen LogP contribution in [0.5, 0.6) is 0 Å². The summed E-state index contributed by atoms with van der Waals surface area (Å²) in [4.78, 5) is 32.3. The Morgan fingerprint density at radius 3 is 2.73 bits per heavy atom. The van der Waals surface area contributed by atoms with E-state index < -0.39 is 4.92 Å². The van der Waals surface area contributed by atoms with E-state index in [1.165, 1.54) is 29.5 Å². The number of aryl methyl sites for hydroxylation is 1. The molecule has 10 heteroatoms. The summed E-state index contributed by atoms with van der Waals surface area (Å²) in [5.74, 6) is -0.204. The molecule has 172 valence electrons. The molecular weight excluding hydrogens is 464 g/mol. The topological polar surface area (TPSA) is 88.8 Å². The van der Waals surface area contributed by atoms with Gasteiger partial charge >= 0.3 is 0 Å². The van der Waals surface area contributed by atoms with E-state index in [4.69, 9.17) is 21.3 Å². The minimum absolute atomic E-state index is 0.00844. The third-order valence-electron chi connectivity index (χ3n) is 5.40. The Balaban J connectivity index is 1.58. The molecule has 0 saturated carbocycles. The molecule has 1 aliphatic rings. The average molecular weight is 487 g/mol. The second-order valence-corrected chi connectivity index (χ2v) is 9.14. The van der Waals surface area contributed by atoms with Crippen LogP contribution in [-0.4, -0.2) is 60.1 Å². The third kappa shape index (κ3) is 5.75. The van der Waals surface area contributed by atoms with E-state index in [0.29, 0.717) is 42.0 Å². The van der Waals surface area contributed by atoms with Gasteiger partial charge in [0.05, 0.1) is 28.4 Å². The lowest BCUT2D eigenvalue weighted by atomic mass is 10.2. The van der Waals surface area contributed by atoms with Gasteiger partial charge in [-0.2, -0.15) is 0 Å². The zero-order chi connectivity index (χ0) is 23.4. The summed E-state index contributed by atoms with van der Waals surface area (Å²) < 4.78 is 6.34. The number of amides is 1. The van der Waals surface area contributed by atoms with Gasteiger partial charge in [0.25, 0.3) is 11.6 Å². The smallest absolute Gasteiger partial charge is 0.269 e. The molecule has 0 N–H and O–H groups in total. The molecule has 0 unspecified atom stereocenters. The number of aromatic nitrogens is 1. The molecule has 3 aromatic rings. The van der Waals surface area contributed by atoms with Crippen molar-refractivity contribution in [2.75, 3.05) is 44.3 Å². The Bertz CT molecular complexity index is 1190. The van der Waals surface area contributed by atoms with Crippen LogP contribution in [0.4, 0.5) is 10.8 Å². The van der Waals surface area contributed by atoms with Gasteiger partial charge in [-0.1, -0.05) is 22.9 Å². The molecule has 0 bridgehead atoms. The van der Waals surface area contributed by atoms with Crippen LogP contribution >= 0.6 is 22.9 Å². The first-order valence-electron chi connectivity index (χ1n) is 10.5. The molecule has 1 aliphatic heterocycles. The summed E-state index contributed by atoms with van der Waals surface area (Å²) >= 11 is 7.65. The van der Waals surface area contributed by atoms with Crippen molar-refractivity contribution in [3.63, 3.8) is 0 Å². The molecular formula is C23H23ClN4O4S. The van der Waals surface area contributed by atoms with Crippen LogP contribution in [0, 0.1) is 17.0 Å². The van der Waals surface area contributed by atoms with Crippen LogP contribution in [0.25, 0.3) is 16.3 Å². The van der Waals surface area contributed by atoms with Crippen molar-refractivity contribution in [1.82, 2.24) is 9.88 Å². The van der Waals surface area contributed by atoms with Crippen molar-refractivity contribution in [2.45, 2.75) is 6.92 Å². The summed E-state index contributed by atoms with van der Waals surface area (Å²) in [5, 5.41) is 12.1. The van der Waals surface area contributed by atoms with Gasteiger partial charge in [-0.3, -0.25) is 24.7 Å². The lowest BCUT2D eigenvalue weighted by Crippen LogP contribution is -2.42. The third-order valence-corrected chi connectivity index (χ3v) is 6.65. The van der Waals surface area contributed by atoms with Crippen molar-refractivity contribution < 1.29 is 14.5 Å². The predicted molar refractivity (Wildman–Crippen MR) is 131 cm³/mol. The van der Waals surface area contributed by atoms with E-state index >= 15 is 0 Å². The maximum atomic E-state index is 13.2. The number of anilines is 1. The van der Waals surface area contributed by atoms with Crippen LogP contribution in [0.1, 0.15) is 11.1 Å². The lowest BCUT2D eigenvalue weighted by Gasteiger charge is -2.28. The number of nitrogens with zero attached hydrogens (tertiary/aromatic N) is 4.